The van der Waals surface area contributed by atoms with E-state index in [4.69, 9.17) is 12.2 Å². The van der Waals surface area contributed by atoms with E-state index < -0.39 is 11.2 Å². The molecule has 0 aliphatic carbocycles. The lowest BCUT2D eigenvalue weighted by Gasteiger charge is -2.04. The number of alkyl halides is 3. The highest BCUT2D eigenvalue weighted by Crippen LogP contribution is 2.36. The van der Waals surface area contributed by atoms with Crippen LogP contribution in [0.4, 0.5) is 13.2 Å². The molecule has 0 amide bonds. The third-order valence-electron chi connectivity index (χ3n) is 2.30. The lowest BCUT2D eigenvalue weighted by atomic mass is 10.2. The number of hydrogen-bond acceptors (Lipinski definition) is 4. The molecule has 0 aliphatic heterocycles. The second-order valence-corrected chi connectivity index (χ2v) is 4.86. The molecule has 2 heterocycles. The molecule has 96 valence electrons. The van der Waals surface area contributed by atoms with Crippen LogP contribution in [-0.2, 0) is 12.6 Å². The summed E-state index contributed by atoms with van der Waals surface area (Å²) >= 11 is 5.64. The molecule has 0 saturated carbocycles. The van der Waals surface area contributed by atoms with Gasteiger partial charge in [-0.25, -0.2) is 9.97 Å². The van der Waals surface area contributed by atoms with Gasteiger partial charge in [-0.05, 0) is 6.42 Å². The Morgan fingerprint density at radius 1 is 1.39 bits per heavy atom. The van der Waals surface area contributed by atoms with Crippen LogP contribution < -0.4 is 0 Å². The number of rotatable bonds is 2. The fourth-order valence-electron chi connectivity index (χ4n) is 1.50. The van der Waals surface area contributed by atoms with Crippen LogP contribution in [0.1, 0.15) is 17.5 Å². The summed E-state index contributed by atoms with van der Waals surface area (Å²) in [6, 6.07) is 0. The number of aromatic amines is 1. The van der Waals surface area contributed by atoms with Crippen LogP contribution in [0.5, 0.6) is 0 Å². The van der Waals surface area contributed by atoms with Crippen molar-refractivity contribution in [2.24, 2.45) is 0 Å². The third kappa shape index (κ3) is 2.44. The molecule has 0 radical (unpaired) electrons. The van der Waals surface area contributed by atoms with E-state index in [1.54, 1.807) is 0 Å². The molecule has 3 nitrogen and oxygen atoms in total. The first-order chi connectivity index (χ1) is 8.43. The van der Waals surface area contributed by atoms with Crippen LogP contribution in [-0.4, -0.2) is 15.0 Å². The Balaban J connectivity index is 2.53. The minimum atomic E-state index is -4.42. The Hall–Kier alpha value is -1.28. The van der Waals surface area contributed by atoms with E-state index in [1.165, 1.54) is 12.5 Å². The molecule has 0 spiro atoms. The standard InChI is InChI=1S/C10H8F3N3S2/c1-2-5-7(15-4-16-8(5)17)6-3-14-9(18-6)10(11,12)13/h3-4H,2H2,1H3,(H,15,16,17). The second-order valence-electron chi connectivity index (χ2n) is 3.44. The monoisotopic (exact) mass is 291 g/mol. The summed E-state index contributed by atoms with van der Waals surface area (Å²) in [4.78, 5) is 10.5. The lowest BCUT2D eigenvalue weighted by molar-refractivity contribution is -0.137. The molecule has 2 aromatic rings. The predicted molar refractivity (Wildman–Crippen MR) is 64.9 cm³/mol. The average Bonchev–Trinajstić information content (AvgIpc) is 2.77. The zero-order valence-corrected chi connectivity index (χ0v) is 10.8. The van der Waals surface area contributed by atoms with Crippen LogP contribution in [0.3, 0.4) is 0 Å². The van der Waals surface area contributed by atoms with Crippen LogP contribution in [0.15, 0.2) is 12.5 Å². The fraction of sp³-hybridized carbons (Fsp3) is 0.300. The van der Waals surface area contributed by atoms with Crippen molar-refractivity contribution in [2.45, 2.75) is 19.5 Å². The maximum atomic E-state index is 12.5. The zero-order chi connectivity index (χ0) is 13.3. The van der Waals surface area contributed by atoms with Crippen molar-refractivity contribution in [3.63, 3.8) is 0 Å². The minimum absolute atomic E-state index is 0.396. The van der Waals surface area contributed by atoms with Crippen molar-refractivity contribution in [3.8, 4) is 10.6 Å². The van der Waals surface area contributed by atoms with E-state index in [2.05, 4.69) is 15.0 Å². The van der Waals surface area contributed by atoms with Crippen molar-refractivity contribution >= 4 is 23.6 Å². The number of aromatic nitrogens is 3. The molecular weight excluding hydrogens is 283 g/mol. The number of H-pyrrole nitrogens is 1. The van der Waals surface area contributed by atoms with Gasteiger partial charge in [-0.2, -0.15) is 13.2 Å². The van der Waals surface area contributed by atoms with Crippen molar-refractivity contribution in [1.29, 1.82) is 0 Å². The van der Waals surface area contributed by atoms with Gasteiger partial charge in [0.1, 0.15) is 4.64 Å². The molecule has 2 rings (SSSR count). The minimum Gasteiger partial charge on any atom is -0.345 e. The van der Waals surface area contributed by atoms with E-state index in [-0.39, 0.29) is 0 Å². The van der Waals surface area contributed by atoms with E-state index in [1.807, 2.05) is 6.92 Å². The zero-order valence-electron chi connectivity index (χ0n) is 9.21. The molecular formula is C10H8F3N3S2. The Morgan fingerprint density at radius 2 is 2.11 bits per heavy atom. The summed E-state index contributed by atoms with van der Waals surface area (Å²) in [6.45, 7) is 1.87. The molecule has 0 aliphatic rings. The Kier molecular flexibility index (Phi) is 3.49. The number of nitrogens with zero attached hydrogens (tertiary/aromatic N) is 2. The van der Waals surface area contributed by atoms with Gasteiger partial charge < -0.3 is 4.98 Å². The van der Waals surface area contributed by atoms with Crippen molar-refractivity contribution in [2.75, 3.05) is 0 Å². The Morgan fingerprint density at radius 3 is 2.67 bits per heavy atom. The molecule has 0 saturated heterocycles. The largest absolute Gasteiger partial charge is 0.443 e. The lowest BCUT2D eigenvalue weighted by Crippen LogP contribution is -2.02. The summed E-state index contributed by atoms with van der Waals surface area (Å²) < 4.78 is 37.8. The van der Waals surface area contributed by atoms with Gasteiger partial charge in [0.25, 0.3) is 0 Å². The molecule has 0 unspecified atom stereocenters. The van der Waals surface area contributed by atoms with Gasteiger partial charge in [-0.15, -0.1) is 11.3 Å². The van der Waals surface area contributed by atoms with Crippen molar-refractivity contribution in [3.05, 3.63) is 27.7 Å². The Labute approximate surface area is 110 Å². The summed E-state index contributed by atoms with van der Waals surface area (Å²) in [6.07, 6.45) is -1.24. The first-order valence-electron chi connectivity index (χ1n) is 5.03. The summed E-state index contributed by atoms with van der Waals surface area (Å²) in [5.74, 6) is 0. The van der Waals surface area contributed by atoms with Crippen molar-refractivity contribution < 1.29 is 13.2 Å². The predicted octanol–water partition coefficient (Wildman–Crippen LogP) is 3.84. The van der Waals surface area contributed by atoms with Gasteiger partial charge >= 0.3 is 6.18 Å². The highest BCUT2D eigenvalue weighted by atomic mass is 32.1. The molecule has 0 bridgehead atoms. The van der Waals surface area contributed by atoms with Gasteiger partial charge in [-0.1, -0.05) is 19.1 Å². The molecule has 2 aromatic heterocycles. The van der Waals surface area contributed by atoms with Gasteiger partial charge in [0.2, 0.25) is 0 Å². The average molecular weight is 291 g/mol. The normalized spacial score (nSPS) is 11.8. The smallest absolute Gasteiger partial charge is 0.345 e. The Bertz CT molecular complexity index is 615. The molecule has 18 heavy (non-hydrogen) atoms. The van der Waals surface area contributed by atoms with Gasteiger partial charge in [0.15, 0.2) is 5.01 Å². The van der Waals surface area contributed by atoms with Crippen molar-refractivity contribution in [1.82, 2.24) is 15.0 Å². The fourth-order valence-corrected chi connectivity index (χ4v) is 2.61. The number of thiazole rings is 1. The molecule has 1 N–H and O–H groups in total. The quantitative estimate of drug-likeness (QED) is 0.855. The maximum absolute atomic E-state index is 12.5. The van der Waals surface area contributed by atoms with Gasteiger partial charge in [0, 0.05) is 11.8 Å². The molecule has 0 aromatic carbocycles. The van der Waals surface area contributed by atoms with E-state index in [9.17, 15) is 13.2 Å². The van der Waals surface area contributed by atoms with Gasteiger partial charge in [-0.3, -0.25) is 0 Å². The SMILES string of the molecule is CCc1c(-c2cnc(C(F)(F)F)s2)[nH]cnc1=S. The number of halogens is 3. The van der Waals surface area contributed by atoms with E-state index >= 15 is 0 Å². The van der Waals surface area contributed by atoms with Gasteiger partial charge in [0.05, 0.1) is 16.9 Å². The highest BCUT2D eigenvalue weighted by molar-refractivity contribution is 7.71. The first-order valence-corrected chi connectivity index (χ1v) is 6.26. The first kappa shape index (κ1) is 13.2. The topological polar surface area (TPSA) is 41.6 Å². The molecule has 0 atom stereocenters. The van der Waals surface area contributed by atoms with Crippen LogP contribution in [0.25, 0.3) is 10.6 Å². The third-order valence-corrected chi connectivity index (χ3v) is 3.71. The number of nitrogens with one attached hydrogen (secondary N) is 1. The van der Waals surface area contributed by atoms with Crippen LogP contribution in [0, 0.1) is 4.64 Å². The van der Waals surface area contributed by atoms with E-state index in [0.717, 1.165) is 5.56 Å². The summed E-state index contributed by atoms with van der Waals surface area (Å²) in [5, 5.41) is -0.865. The molecule has 8 heteroatoms. The maximum Gasteiger partial charge on any atom is 0.443 e. The summed E-state index contributed by atoms with van der Waals surface area (Å²) in [7, 11) is 0. The molecule has 0 fully saturated rings. The number of hydrogen-bond donors (Lipinski definition) is 1. The highest BCUT2D eigenvalue weighted by Gasteiger charge is 2.34. The van der Waals surface area contributed by atoms with Crippen LogP contribution in [0.2, 0.25) is 0 Å². The second kappa shape index (κ2) is 4.77. The summed E-state index contributed by atoms with van der Waals surface area (Å²) in [5.41, 5.74) is 1.29. The van der Waals surface area contributed by atoms with E-state index in [0.29, 0.717) is 33.0 Å². The van der Waals surface area contributed by atoms with Crippen LogP contribution >= 0.6 is 23.6 Å².